The summed E-state index contributed by atoms with van der Waals surface area (Å²) in [6.07, 6.45) is 4.02. The highest BCUT2D eigenvalue weighted by atomic mass is 15.3. The molecule has 0 fully saturated rings. The van der Waals surface area contributed by atoms with Gasteiger partial charge in [0, 0.05) is 24.7 Å². The van der Waals surface area contributed by atoms with E-state index < -0.39 is 0 Å². The third-order valence-electron chi connectivity index (χ3n) is 3.37. The molecule has 0 aliphatic heterocycles. The van der Waals surface area contributed by atoms with Crippen molar-refractivity contribution in [3.05, 3.63) is 18.0 Å². The van der Waals surface area contributed by atoms with Gasteiger partial charge in [-0.2, -0.15) is 5.10 Å². The van der Waals surface area contributed by atoms with Crippen LogP contribution in [0.5, 0.6) is 0 Å². The van der Waals surface area contributed by atoms with Crippen LogP contribution in [0.15, 0.2) is 12.3 Å². The van der Waals surface area contributed by atoms with Crippen LogP contribution in [0.1, 0.15) is 52.8 Å². The fourth-order valence-corrected chi connectivity index (χ4v) is 1.74. The molecule has 1 aromatic rings. The highest BCUT2D eigenvalue weighted by Crippen LogP contribution is 2.21. The molecule has 0 spiro atoms. The molecule has 0 aliphatic carbocycles. The van der Waals surface area contributed by atoms with Crippen LogP contribution in [0, 0.1) is 5.41 Å². The maximum Gasteiger partial charge on any atom is 0.0640 e. The predicted octanol–water partition coefficient (Wildman–Crippen LogP) is 2.27. The van der Waals surface area contributed by atoms with Gasteiger partial charge < -0.3 is 0 Å². The summed E-state index contributed by atoms with van der Waals surface area (Å²) in [5.74, 6) is 5.61. The highest BCUT2D eigenvalue weighted by Gasteiger charge is 2.24. The Morgan fingerprint density at radius 1 is 1.47 bits per heavy atom. The lowest BCUT2D eigenvalue weighted by Gasteiger charge is -2.29. The molecule has 1 heterocycles. The number of rotatable bonds is 5. The summed E-state index contributed by atoms with van der Waals surface area (Å²) in [6, 6.07) is 2.79. The van der Waals surface area contributed by atoms with Gasteiger partial charge in [0.05, 0.1) is 5.69 Å². The first-order valence-electron chi connectivity index (χ1n) is 6.38. The molecule has 1 aromatic heterocycles. The summed E-state index contributed by atoms with van der Waals surface area (Å²) in [5.41, 5.74) is 4.13. The molecule has 0 aliphatic rings. The van der Waals surface area contributed by atoms with Crippen molar-refractivity contribution in [1.29, 1.82) is 0 Å². The molecule has 2 atom stereocenters. The molecule has 3 N–H and O–H groups in total. The minimum absolute atomic E-state index is 0.134. The van der Waals surface area contributed by atoms with E-state index in [9.17, 15) is 0 Å². The van der Waals surface area contributed by atoms with Crippen LogP contribution in [-0.2, 0) is 6.42 Å². The molecule has 4 nitrogen and oxygen atoms in total. The van der Waals surface area contributed by atoms with Crippen LogP contribution in [0.25, 0.3) is 0 Å². The average Bonchev–Trinajstić information content (AvgIpc) is 2.71. The Morgan fingerprint density at radius 2 is 2.12 bits per heavy atom. The van der Waals surface area contributed by atoms with E-state index in [2.05, 4.69) is 57.4 Å². The molecule has 1 rings (SSSR count). The van der Waals surface area contributed by atoms with Crippen LogP contribution in [0.4, 0.5) is 0 Å². The molecule has 98 valence electrons. The number of nitrogens with one attached hydrogen (secondary N) is 1. The lowest BCUT2D eigenvalue weighted by Crippen LogP contribution is -2.45. The molecule has 2 unspecified atom stereocenters. The molecular weight excluding hydrogens is 212 g/mol. The van der Waals surface area contributed by atoms with Gasteiger partial charge in [0.2, 0.25) is 0 Å². The summed E-state index contributed by atoms with van der Waals surface area (Å²) in [7, 11) is 0. The molecule has 0 aromatic carbocycles. The standard InChI is InChI=1S/C13H26N4/c1-6-10(2)17-8-7-11(16-17)9-12(15-14)13(3,4)5/h7-8,10,12,15H,6,9,14H2,1-5H3. The van der Waals surface area contributed by atoms with Crippen LogP contribution >= 0.6 is 0 Å². The number of nitrogens with two attached hydrogens (primary N) is 1. The second-order valence-electron chi connectivity index (χ2n) is 5.83. The van der Waals surface area contributed by atoms with E-state index in [4.69, 9.17) is 5.84 Å². The quantitative estimate of drug-likeness (QED) is 0.611. The third-order valence-corrected chi connectivity index (χ3v) is 3.37. The Labute approximate surface area is 105 Å². The maximum absolute atomic E-state index is 5.61. The summed E-state index contributed by atoms with van der Waals surface area (Å²) in [4.78, 5) is 0. The molecule has 0 bridgehead atoms. The second kappa shape index (κ2) is 5.65. The Kier molecular flexibility index (Phi) is 4.71. The van der Waals surface area contributed by atoms with E-state index in [1.54, 1.807) is 0 Å². The fraction of sp³-hybridized carbons (Fsp3) is 0.769. The van der Waals surface area contributed by atoms with Crippen LogP contribution in [0.3, 0.4) is 0 Å². The van der Waals surface area contributed by atoms with Gasteiger partial charge in [0.1, 0.15) is 0 Å². The lowest BCUT2D eigenvalue weighted by molar-refractivity contribution is 0.266. The predicted molar refractivity (Wildman–Crippen MR) is 71.5 cm³/mol. The van der Waals surface area contributed by atoms with Gasteiger partial charge in [-0.3, -0.25) is 16.0 Å². The molecular formula is C13H26N4. The first-order chi connectivity index (χ1) is 7.88. The number of aromatic nitrogens is 2. The smallest absolute Gasteiger partial charge is 0.0640 e. The minimum Gasteiger partial charge on any atom is -0.271 e. The van der Waals surface area contributed by atoms with E-state index in [-0.39, 0.29) is 11.5 Å². The SMILES string of the molecule is CCC(C)n1ccc(CC(NN)C(C)(C)C)n1. The average molecular weight is 238 g/mol. The first-order valence-corrected chi connectivity index (χ1v) is 6.38. The van der Waals surface area contributed by atoms with Gasteiger partial charge in [-0.05, 0) is 24.8 Å². The maximum atomic E-state index is 5.61. The van der Waals surface area contributed by atoms with Crippen molar-refractivity contribution >= 4 is 0 Å². The van der Waals surface area contributed by atoms with Crippen molar-refractivity contribution in [3.8, 4) is 0 Å². The highest BCUT2D eigenvalue weighted by molar-refractivity contribution is 5.03. The third kappa shape index (κ3) is 3.82. The van der Waals surface area contributed by atoms with Crippen molar-refractivity contribution in [2.45, 2.75) is 59.5 Å². The normalized spacial score (nSPS) is 15.9. The van der Waals surface area contributed by atoms with E-state index in [0.717, 1.165) is 18.5 Å². The number of hydrogen-bond acceptors (Lipinski definition) is 3. The largest absolute Gasteiger partial charge is 0.271 e. The molecule has 0 saturated carbocycles. The van der Waals surface area contributed by atoms with E-state index in [0.29, 0.717) is 6.04 Å². The Morgan fingerprint density at radius 3 is 2.59 bits per heavy atom. The monoisotopic (exact) mass is 238 g/mol. The van der Waals surface area contributed by atoms with E-state index in [1.165, 1.54) is 0 Å². The molecule has 17 heavy (non-hydrogen) atoms. The Balaban J connectivity index is 2.71. The number of hydrogen-bond donors (Lipinski definition) is 2. The zero-order valence-corrected chi connectivity index (χ0v) is 11.7. The van der Waals surface area contributed by atoms with Crippen LogP contribution in [0.2, 0.25) is 0 Å². The van der Waals surface area contributed by atoms with Crippen LogP contribution < -0.4 is 11.3 Å². The van der Waals surface area contributed by atoms with Crippen molar-refractivity contribution < 1.29 is 0 Å². The summed E-state index contributed by atoms with van der Waals surface area (Å²) in [6.45, 7) is 10.9. The van der Waals surface area contributed by atoms with Gasteiger partial charge in [-0.25, -0.2) is 0 Å². The fourth-order valence-electron chi connectivity index (χ4n) is 1.74. The van der Waals surface area contributed by atoms with Crippen LogP contribution in [-0.4, -0.2) is 15.8 Å². The Hall–Kier alpha value is -0.870. The second-order valence-corrected chi connectivity index (χ2v) is 5.83. The van der Waals surface area contributed by atoms with Crippen molar-refractivity contribution in [2.75, 3.05) is 0 Å². The topological polar surface area (TPSA) is 55.9 Å². The van der Waals surface area contributed by atoms with Crippen molar-refractivity contribution in [1.82, 2.24) is 15.2 Å². The number of hydrazine groups is 1. The summed E-state index contributed by atoms with van der Waals surface area (Å²) < 4.78 is 2.03. The molecule has 0 saturated heterocycles. The minimum atomic E-state index is 0.134. The van der Waals surface area contributed by atoms with Gasteiger partial charge in [0.25, 0.3) is 0 Å². The van der Waals surface area contributed by atoms with Crippen molar-refractivity contribution in [2.24, 2.45) is 11.3 Å². The van der Waals surface area contributed by atoms with Gasteiger partial charge in [-0.1, -0.05) is 27.7 Å². The van der Waals surface area contributed by atoms with Gasteiger partial charge in [0.15, 0.2) is 0 Å². The van der Waals surface area contributed by atoms with E-state index in [1.807, 2.05) is 4.68 Å². The number of nitrogens with zero attached hydrogens (tertiary/aromatic N) is 2. The molecule has 4 heteroatoms. The van der Waals surface area contributed by atoms with Gasteiger partial charge >= 0.3 is 0 Å². The lowest BCUT2D eigenvalue weighted by atomic mass is 9.84. The van der Waals surface area contributed by atoms with Gasteiger partial charge in [-0.15, -0.1) is 0 Å². The molecule has 0 amide bonds. The zero-order valence-electron chi connectivity index (χ0n) is 11.7. The zero-order chi connectivity index (χ0) is 13.1. The summed E-state index contributed by atoms with van der Waals surface area (Å²) in [5, 5.41) is 4.60. The summed E-state index contributed by atoms with van der Waals surface area (Å²) >= 11 is 0. The Bertz CT molecular complexity index is 337. The molecule has 0 radical (unpaired) electrons. The first kappa shape index (κ1) is 14.2. The van der Waals surface area contributed by atoms with E-state index >= 15 is 0 Å². The van der Waals surface area contributed by atoms with Crippen molar-refractivity contribution in [3.63, 3.8) is 0 Å².